The summed E-state index contributed by atoms with van der Waals surface area (Å²) in [5.74, 6) is -1.44. The van der Waals surface area contributed by atoms with Gasteiger partial charge in [-0.15, -0.1) is 0 Å². The van der Waals surface area contributed by atoms with Gasteiger partial charge >= 0.3 is 5.97 Å². The molecule has 0 unspecified atom stereocenters. The third kappa shape index (κ3) is 4.17. The Labute approximate surface area is 203 Å². The first kappa shape index (κ1) is 22.7. The number of carboxylic acids is 1. The molecule has 1 aliphatic carbocycles. The monoisotopic (exact) mass is 494 g/mol. The van der Waals surface area contributed by atoms with E-state index in [1.54, 1.807) is 25.1 Å². The molecule has 9 nitrogen and oxygen atoms in total. The van der Waals surface area contributed by atoms with Crippen molar-refractivity contribution in [3.8, 4) is 0 Å². The van der Waals surface area contributed by atoms with Gasteiger partial charge in [0.2, 0.25) is 0 Å². The number of anilines is 1. The minimum absolute atomic E-state index is 0.0281. The quantitative estimate of drug-likeness (QED) is 0.316. The molecular weight excluding hydrogens is 475 g/mol. The van der Waals surface area contributed by atoms with E-state index in [1.165, 1.54) is 18.5 Å². The SMILES string of the molecule is Cc1c(C(=O)O)ccc2c1CC[C@@H]2NC(=O)c1ncnc2c(NCc3ccc(F)c(Cl)c3)n[nH]c12. The van der Waals surface area contributed by atoms with Gasteiger partial charge in [0.1, 0.15) is 23.2 Å². The molecule has 178 valence electrons. The summed E-state index contributed by atoms with van der Waals surface area (Å²) in [6.45, 7) is 2.11. The van der Waals surface area contributed by atoms with Crippen LogP contribution < -0.4 is 10.6 Å². The zero-order chi connectivity index (χ0) is 24.7. The Morgan fingerprint density at radius 3 is 2.86 bits per heavy atom. The second-order valence-electron chi connectivity index (χ2n) is 8.30. The molecule has 2 aromatic carbocycles. The topological polar surface area (TPSA) is 133 Å². The normalized spacial score (nSPS) is 14.7. The molecule has 1 atom stereocenters. The second kappa shape index (κ2) is 8.95. The van der Waals surface area contributed by atoms with Crippen molar-refractivity contribution < 1.29 is 19.1 Å². The maximum Gasteiger partial charge on any atom is 0.335 e. The zero-order valence-corrected chi connectivity index (χ0v) is 19.3. The molecule has 2 aromatic heterocycles. The van der Waals surface area contributed by atoms with Crippen LogP contribution in [0.15, 0.2) is 36.7 Å². The fourth-order valence-electron chi connectivity index (χ4n) is 4.46. The van der Waals surface area contributed by atoms with Gasteiger partial charge in [-0.1, -0.05) is 23.7 Å². The predicted octanol–water partition coefficient (Wildman–Crippen LogP) is 4.18. The molecule has 11 heteroatoms. The third-order valence-corrected chi connectivity index (χ3v) is 6.53. The largest absolute Gasteiger partial charge is 0.478 e. The average Bonchev–Trinajstić information content (AvgIpc) is 3.44. The lowest BCUT2D eigenvalue weighted by Gasteiger charge is -2.15. The molecule has 2 heterocycles. The van der Waals surface area contributed by atoms with Crippen LogP contribution in [0, 0.1) is 12.7 Å². The van der Waals surface area contributed by atoms with Crippen molar-refractivity contribution in [1.82, 2.24) is 25.5 Å². The van der Waals surface area contributed by atoms with Crippen LogP contribution in [0.5, 0.6) is 0 Å². The number of H-pyrrole nitrogens is 1. The van der Waals surface area contributed by atoms with E-state index >= 15 is 0 Å². The van der Waals surface area contributed by atoms with E-state index in [1.807, 2.05) is 0 Å². The van der Waals surface area contributed by atoms with Crippen molar-refractivity contribution in [3.63, 3.8) is 0 Å². The Bertz CT molecular complexity index is 1490. The Morgan fingerprint density at radius 1 is 1.26 bits per heavy atom. The lowest BCUT2D eigenvalue weighted by molar-refractivity contribution is 0.0695. The first-order valence-electron chi connectivity index (χ1n) is 10.9. The number of fused-ring (bicyclic) bond motifs is 2. The van der Waals surface area contributed by atoms with Crippen molar-refractivity contribution in [2.24, 2.45) is 0 Å². The number of carbonyl (C=O) groups is 2. The van der Waals surface area contributed by atoms with Gasteiger partial charge in [0.15, 0.2) is 11.5 Å². The lowest BCUT2D eigenvalue weighted by atomic mass is 9.98. The van der Waals surface area contributed by atoms with Crippen molar-refractivity contribution >= 4 is 40.3 Å². The predicted molar refractivity (Wildman–Crippen MR) is 127 cm³/mol. The summed E-state index contributed by atoms with van der Waals surface area (Å²) in [5, 5.41) is 22.5. The summed E-state index contributed by atoms with van der Waals surface area (Å²) in [6.07, 6.45) is 2.63. The maximum atomic E-state index is 13.4. The van der Waals surface area contributed by atoms with Crippen LogP contribution >= 0.6 is 11.6 Å². The van der Waals surface area contributed by atoms with Crippen molar-refractivity contribution in [2.75, 3.05) is 5.32 Å². The molecule has 35 heavy (non-hydrogen) atoms. The van der Waals surface area contributed by atoms with Gasteiger partial charge in [-0.3, -0.25) is 9.89 Å². The van der Waals surface area contributed by atoms with Crippen LogP contribution in [0.3, 0.4) is 0 Å². The Balaban J connectivity index is 1.35. The standard InChI is InChI=1S/C24H20ClFN6O3/c1-11-13-5-7-18(15(13)4-3-14(11)24(34)35)30-23(33)21-19-20(28-10-29-21)22(32-31-19)27-9-12-2-6-17(26)16(25)8-12/h2-4,6,8,10,18H,5,7,9H2,1H3,(H,30,33)(H,34,35)(H2,27,31,32)/t18-/m0/s1. The van der Waals surface area contributed by atoms with Crippen LogP contribution in [-0.2, 0) is 13.0 Å². The number of halogens is 2. The van der Waals surface area contributed by atoms with E-state index in [0.717, 1.165) is 22.3 Å². The molecule has 0 saturated heterocycles. The molecule has 0 aliphatic heterocycles. The van der Waals surface area contributed by atoms with Gasteiger partial charge in [0.25, 0.3) is 5.91 Å². The van der Waals surface area contributed by atoms with E-state index in [-0.39, 0.29) is 22.3 Å². The molecule has 1 aliphatic rings. The molecule has 0 saturated carbocycles. The number of benzene rings is 2. The summed E-state index contributed by atoms with van der Waals surface area (Å²) < 4.78 is 13.4. The van der Waals surface area contributed by atoms with Gasteiger partial charge in [0.05, 0.1) is 16.6 Å². The molecular formula is C24H20ClFN6O3. The van der Waals surface area contributed by atoms with Gasteiger partial charge < -0.3 is 15.7 Å². The number of hydrogen-bond donors (Lipinski definition) is 4. The maximum absolute atomic E-state index is 13.4. The molecule has 5 rings (SSSR count). The van der Waals surface area contributed by atoms with Gasteiger partial charge in [0, 0.05) is 6.54 Å². The van der Waals surface area contributed by atoms with Gasteiger partial charge in [-0.05, 0) is 60.2 Å². The molecule has 0 fully saturated rings. The Kier molecular flexibility index (Phi) is 5.81. The molecule has 0 bridgehead atoms. The summed E-state index contributed by atoms with van der Waals surface area (Å²) in [6, 6.07) is 7.50. The average molecular weight is 495 g/mol. The molecule has 4 N–H and O–H groups in total. The third-order valence-electron chi connectivity index (χ3n) is 6.24. The second-order valence-corrected chi connectivity index (χ2v) is 8.70. The highest BCUT2D eigenvalue weighted by Crippen LogP contribution is 2.35. The van der Waals surface area contributed by atoms with Gasteiger partial charge in [-0.2, -0.15) is 5.10 Å². The van der Waals surface area contributed by atoms with E-state index in [0.29, 0.717) is 36.2 Å². The number of amides is 1. The highest BCUT2D eigenvalue weighted by Gasteiger charge is 2.28. The van der Waals surface area contributed by atoms with Crippen LogP contribution in [0.4, 0.5) is 10.2 Å². The lowest BCUT2D eigenvalue weighted by Crippen LogP contribution is -2.28. The molecule has 1 amide bonds. The van der Waals surface area contributed by atoms with E-state index in [2.05, 4.69) is 30.8 Å². The number of nitrogens with one attached hydrogen (secondary N) is 3. The summed E-state index contributed by atoms with van der Waals surface area (Å²) in [7, 11) is 0. The number of hydrogen-bond acceptors (Lipinski definition) is 6. The fourth-order valence-corrected chi connectivity index (χ4v) is 4.66. The summed E-state index contributed by atoms with van der Waals surface area (Å²) in [5.41, 5.74) is 4.57. The fraction of sp³-hybridized carbons (Fsp3) is 0.208. The van der Waals surface area contributed by atoms with E-state index in [4.69, 9.17) is 11.6 Å². The van der Waals surface area contributed by atoms with Crippen LogP contribution in [0.25, 0.3) is 11.0 Å². The number of aromatic amines is 1. The highest BCUT2D eigenvalue weighted by atomic mass is 35.5. The van der Waals surface area contributed by atoms with E-state index in [9.17, 15) is 19.1 Å². The Morgan fingerprint density at radius 2 is 2.09 bits per heavy atom. The number of carbonyl (C=O) groups excluding carboxylic acids is 1. The number of carboxylic acid groups (broad SMARTS) is 1. The summed E-state index contributed by atoms with van der Waals surface area (Å²) in [4.78, 5) is 33.0. The van der Waals surface area contributed by atoms with Crippen molar-refractivity contribution in [3.05, 3.63) is 81.0 Å². The zero-order valence-electron chi connectivity index (χ0n) is 18.5. The first-order valence-corrected chi connectivity index (χ1v) is 11.2. The summed E-state index contributed by atoms with van der Waals surface area (Å²) >= 11 is 5.84. The molecule has 0 spiro atoms. The number of rotatable bonds is 6. The minimum atomic E-state index is -0.965. The highest BCUT2D eigenvalue weighted by molar-refractivity contribution is 6.30. The number of aromatic nitrogens is 4. The number of aromatic carboxylic acids is 1. The smallest absolute Gasteiger partial charge is 0.335 e. The van der Waals surface area contributed by atoms with Gasteiger partial charge in [-0.25, -0.2) is 19.2 Å². The van der Waals surface area contributed by atoms with E-state index < -0.39 is 17.7 Å². The first-order chi connectivity index (χ1) is 16.8. The molecule has 0 radical (unpaired) electrons. The van der Waals surface area contributed by atoms with Crippen molar-refractivity contribution in [1.29, 1.82) is 0 Å². The number of nitrogens with zero attached hydrogens (tertiary/aromatic N) is 3. The van der Waals surface area contributed by atoms with Crippen LogP contribution in [-0.4, -0.2) is 37.1 Å². The van der Waals surface area contributed by atoms with Crippen LogP contribution in [0.1, 0.15) is 55.6 Å². The van der Waals surface area contributed by atoms with Crippen LogP contribution in [0.2, 0.25) is 5.02 Å². The van der Waals surface area contributed by atoms with Crippen molar-refractivity contribution in [2.45, 2.75) is 32.4 Å². The minimum Gasteiger partial charge on any atom is -0.478 e. The molecule has 4 aromatic rings. The Hall–Kier alpha value is -4.05.